The van der Waals surface area contributed by atoms with Gasteiger partial charge in [0.25, 0.3) is 5.78 Å². The SMILES string of the molecule is CCCCCOc1ccc(C2C(=C(O)c3ccc(OC)cc3)C(=O)C(=O)N2c2nc(C)c(C(C)=O)s2)cc1OC. The minimum Gasteiger partial charge on any atom is -0.507 e. The Hall–Kier alpha value is -4.18. The van der Waals surface area contributed by atoms with Gasteiger partial charge >= 0.3 is 5.91 Å². The second kappa shape index (κ2) is 12.3. The van der Waals surface area contributed by atoms with Crippen molar-refractivity contribution in [3.05, 3.63) is 69.7 Å². The first kappa shape index (κ1) is 28.8. The Labute approximate surface area is 237 Å². The number of benzene rings is 2. The molecule has 210 valence electrons. The summed E-state index contributed by atoms with van der Waals surface area (Å²) in [6, 6.07) is 10.6. The van der Waals surface area contributed by atoms with E-state index in [2.05, 4.69) is 11.9 Å². The van der Waals surface area contributed by atoms with Crippen LogP contribution in [0.25, 0.3) is 5.76 Å². The minimum atomic E-state index is -1.03. The summed E-state index contributed by atoms with van der Waals surface area (Å²) in [7, 11) is 3.03. The van der Waals surface area contributed by atoms with E-state index in [1.165, 1.54) is 26.0 Å². The quantitative estimate of drug-likeness (QED) is 0.101. The lowest BCUT2D eigenvalue weighted by molar-refractivity contribution is -0.132. The summed E-state index contributed by atoms with van der Waals surface area (Å²) in [5.74, 6) is -0.742. The molecule has 4 rings (SSSR count). The number of amides is 1. The number of carbonyl (C=O) groups excluding carboxylic acids is 3. The van der Waals surface area contributed by atoms with Gasteiger partial charge in [-0.3, -0.25) is 19.3 Å². The summed E-state index contributed by atoms with van der Waals surface area (Å²) in [5.41, 5.74) is 1.19. The molecule has 0 saturated carbocycles. The average Bonchev–Trinajstić information content (AvgIpc) is 3.47. The van der Waals surface area contributed by atoms with Crippen molar-refractivity contribution < 1.29 is 33.7 Å². The number of anilines is 1. The van der Waals surface area contributed by atoms with Gasteiger partial charge in [0.1, 0.15) is 11.5 Å². The molecule has 40 heavy (non-hydrogen) atoms. The average molecular weight is 565 g/mol. The summed E-state index contributed by atoms with van der Waals surface area (Å²) in [6.45, 7) is 5.73. The maximum atomic E-state index is 13.5. The van der Waals surface area contributed by atoms with Gasteiger partial charge in [-0.25, -0.2) is 4.98 Å². The van der Waals surface area contributed by atoms with Crippen LogP contribution in [0.4, 0.5) is 5.13 Å². The second-order valence-corrected chi connectivity index (χ2v) is 10.3. The van der Waals surface area contributed by atoms with Crippen molar-refractivity contribution in [3.8, 4) is 17.2 Å². The second-order valence-electron chi connectivity index (χ2n) is 9.33. The third-order valence-corrected chi connectivity index (χ3v) is 7.89. The van der Waals surface area contributed by atoms with Crippen molar-refractivity contribution in [2.24, 2.45) is 0 Å². The lowest BCUT2D eigenvalue weighted by Crippen LogP contribution is -2.29. The summed E-state index contributed by atoms with van der Waals surface area (Å²) in [4.78, 5) is 45.2. The molecule has 1 atom stereocenters. The fourth-order valence-electron chi connectivity index (χ4n) is 4.57. The highest BCUT2D eigenvalue weighted by Crippen LogP contribution is 2.45. The van der Waals surface area contributed by atoms with E-state index >= 15 is 0 Å². The van der Waals surface area contributed by atoms with Gasteiger partial charge in [-0.15, -0.1) is 0 Å². The first-order chi connectivity index (χ1) is 19.2. The maximum absolute atomic E-state index is 13.5. The van der Waals surface area contributed by atoms with E-state index in [0.29, 0.717) is 45.6 Å². The van der Waals surface area contributed by atoms with Gasteiger partial charge in [0, 0.05) is 12.5 Å². The molecule has 0 radical (unpaired) electrons. The molecule has 3 aromatic rings. The molecule has 1 aromatic heterocycles. The van der Waals surface area contributed by atoms with Gasteiger partial charge in [0.2, 0.25) is 0 Å². The first-order valence-electron chi connectivity index (χ1n) is 13.0. The normalized spacial score (nSPS) is 16.3. The zero-order chi connectivity index (χ0) is 29.0. The Balaban J connectivity index is 1.87. The van der Waals surface area contributed by atoms with Gasteiger partial charge in [0.05, 0.1) is 43.0 Å². The predicted octanol–water partition coefficient (Wildman–Crippen LogP) is 5.87. The number of carbonyl (C=O) groups is 3. The lowest BCUT2D eigenvalue weighted by Gasteiger charge is -2.24. The Morgan fingerprint density at radius 1 is 1.05 bits per heavy atom. The van der Waals surface area contributed by atoms with Crippen LogP contribution in [-0.4, -0.2) is 48.4 Å². The molecule has 0 bridgehead atoms. The highest BCUT2D eigenvalue weighted by Gasteiger charge is 2.48. The minimum absolute atomic E-state index is 0.105. The van der Waals surface area contributed by atoms with E-state index in [9.17, 15) is 19.5 Å². The Bertz CT molecular complexity index is 1460. The zero-order valence-corrected chi connectivity index (χ0v) is 24.0. The number of unbranched alkanes of at least 4 members (excludes halogenated alkanes) is 2. The summed E-state index contributed by atoms with van der Waals surface area (Å²) in [6.07, 6.45) is 2.99. The van der Waals surface area contributed by atoms with Crippen LogP contribution in [0.15, 0.2) is 48.0 Å². The predicted molar refractivity (Wildman–Crippen MR) is 153 cm³/mol. The molecule has 1 saturated heterocycles. The van der Waals surface area contributed by atoms with Gasteiger partial charge in [0.15, 0.2) is 22.4 Å². The van der Waals surface area contributed by atoms with Crippen molar-refractivity contribution in [2.75, 3.05) is 25.7 Å². The standard InChI is InChI=1S/C30H32N2O7S/c1-6-7-8-15-39-22-14-11-20(16-23(22)38-5)25-24(26(34)19-9-12-21(37-4)13-10-19)27(35)29(36)32(25)30-31-17(2)28(40-30)18(3)33/h9-14,16,25,34H,6-8,15H2,1-5H3. The van der Waals surface area contributed by atoms with Crippen LogP contribution in [-0.2, 0) is 9.59 Å². The number of methoxy groups -OCH3 is 2. The van der Waals surface area contributed by atoms with Crippen molar-refractivity contribution in [1.29, 1.82) is 0 Å². The van der Waals surface area contributed by atoms with Crippen LogP contribution in [0.3, 0.4) is 0 Å². The molecule has 0 spiro atoms. The fourth-order valence-corrected chi connectivity index (χ4v) is 5.56. The van der Waals surface area contributed by atoms with Crippen LogP contribution in [0.1, 0.15) is 65.6 Å². The molecule has 1 aliphatic rings. The number of hydrogen-bond donors (Lipinski definition) is 1. The highest BCUT2D eigenvalue weighted by atomic mass is 32.1. The van der Waals surface area contributed by atoms with E-state index < -0.39 is 17.7 Å². The van der Waals surface area contributed by atoms with Gasteiger partial charge < -0.3 is 19.3 Å². The van der Waals surface area contributed by atoms with Gasteiger partial charge in [-0.1, -0.05) is 37.2 Å². The van der Waals surface area contributed by atoms with Crippen molar-refractivity contribution >= 4 is 39.7 Å². The number of nitrogens with zero attached hydrogens (tertiary/aromatic N) is 2. The maximum Gasteiger partial charge on any atom is 0.301 e. The van der Waals surface area contributed by atoms with Gasteiger partial charge in [-0.2, -0.15) is 0 Å². The molecule has 1 aliphatic heterocycles. The first-order valence-corrected chi connectivity index (χ1v) is 13.8. The number of thiazole rings is 1. The van der Waals surface area contributed by atoms with E-state index in [0.717, 1.165) is 30.6 Å². The monoisotopic (exact) mass is 564 g/mol. The van der Waals surface area contributed by atoms with Crippen LogP contribution in [0.5, 0.6) is 17.2 Å². The Morgan fingerprint density at radius 2 is 1.77 bits per heavy atom. The van der Waals surface area contributed by atoms with E-state index in [-0.39, 0.29) is 22.2 Å². The molecular formula is C30H32N2O7S. The number of ether oxygens (including phenoxy) is 3. The van der Waals surface area contributed by atoms with Crippen molar-refractivity contribution in [3.63, 3.8) is 0 Å². The summed E-state index contributed by atoms with van der Waals surface area (Å²) in [5, 5.41) is 11.6. The van der Waals surface area contributed by atoms with E-state index in [1.54, 1.807) is 49.4 Å². The van der Waals surface area contributed by atoms with Crippen LogP contribution >= 0.6 is 11.3 Å². The van der Waals surface area contributed by atoms with Crippen molar-refractivity contribution in [2.45, 2.75) is 46.1 Å². The molecule has 1 fully saturated rings. The molecule has 0 aliphatic carbocycles. The fraction of sp³-hybridized carbons (Fsp3) is 0.333. The number of ketones is 2. The lowest BCUT2D eigenvalue weighted by atomic mass is 9.95. The summed E-state index contributed by atoms with van der Waals surface area (Å²) >= 11 is 1.03. The Morgan fingerprint density at radius 3 is 2.38 bits per heavy atom. The van der Waals surface area contributed by atoms with Crippen LogP contribution in [0, 0.1) is 6.92 Å². The number of aliphatic hydroxyl groups excluding tert-OH is 1. The molecule has 1 amide bonds. The molecule has 2 heterocycles. The largest absolute Gasteiger partial charge is 0.507 e. The number of Topliss-reactive ketones (excluding diaryl/α,β-unsaturated/α-hetero) is 2. The van der Waals surface area contributed by atoms with E-state index in [1.807, 2.05) is 0 Å². The molecule has 9 nitrogen and oxygen atoms in total. The summed E-state index contributed by atoms with van der Waals surface area (Å²) < 4.78 is 16.7. The molecule has 1 unspecified atom stereocenters. The number of aliphatic hydroxyl groups is 1. The third-order valence-electron chi connectivity index (χ3n) is 6.63. The molecular weight excluding hydrogens is 532 g/mol. The molecule has 1 N–H and O–H groups in total. The third kappa shape index (κ3) is 5.58. The number of hydrogen-bond acceptors (Lipinski definition) is 9. The number of rotatable bonds is 11. The smallest absolute Gasteiger partial charge is 0.301 e. The van der Waals surface area contributed by atoms with Crippen LogP contribution in [0.2, 0.25) is 0 Å². The topological polar surface area (TPSA) is 115 Å². The van der Waals surface area contributed by atoms with Gasteiger partial charge in [-0.05, 0) is 55.3 Å². The number of aromatic nitrogens is 1. The van der Waals surface area contributed by atoms with Crippen LogP contribution < -0.4 is 19.1 Å². The molecule has 2 aromatic carbocycles. The zero-order valence-electron chi connectivity index (χ0n) is 23.1. The van der Waals surface area contributed by atoms with E-state index in [4.69, 9.17) is 14.2 Å². The number of aryl methyl sites for hydroxylation is 1. The van der Waals surface area contributed by atoms with Crippen molar-refractivity contribution in [1.82, 2.24) is 4.98 Å². The Kier molecular flexibility index (Phi) is 8.89. The highest BCUT2D eigenvalue weighted by molar-refractivity contribution is 7.18. The molecule has 10 heteroatoms.